The fourth-order valence-corrected chi connectivity index (χ4v) is 1.58. The van der Waals surface area contributed by atoms with E-state index in [9.17, 15) is 14.0 Å². The average molecular weight is 293 g/mol. The van der Waals surface area contributed by atoms with Crippen molar-refractivity contribution >= 4 is 17.6 Å². The number of carbonyl (C=O) groups is 2. The Kier molecular flexibility index (Phi) is 4.12. The first-order valence-corrected chi connectivity index (χ1v) is 5.89. The molecule has 0 aliphatic heterocycles. The number of carbonyl (C=O) groups excluding carboxylic acids is 1. The molecule has 2 rings (SSSR count). The van der Waals surface area contributed by atoms with Gasteiger partial charge in [-0.05, 0) is 18.2 Å². The third-order valence-electron chi connectivity index (χ3n) is 2.58. The summed E-state index contributed by atoms with van der Waals surface area (Å²) >= 11 is 0. The zero-order chi connectivity index (χ0) is 15.4. The number of hydrogen-bond acceptors (Lipinski definition) is 5. The summed E-state index contributed by atoms with van der Waals surface area (Å²) in [7, 11) is 0. The van der Waals surface area contributed by atoms with E-state index in [4.69, 9.17) is 10.8 Å². The molecule has 0 saturated heterocycles. The lowest BCUT2D eigenvalue weighted by Crippen LogP contribution is -2.23. The molecule has 0 radical (unpaired) electrons. The van der Waals surface area contributed by atoms with Gasteiger partial charge in [-0.15, -0.1) is 5.10 Å². The minimum Gasteiger partial charge on any atom is -0.480 e. The Labute approximate surface area is 118 Å². The van der Waals surface area contributed by atoms with Crippen LogP contribution in [0.15, 0.2) is 24.4 Å². The first-order valence-electron chi connectivity index (χ1n) is 5.89. The number of amides is 1. The van der Waals surface area contributed by atoms with Gasteiger partial charge >= 0.3 is 5.97 Å². The summed E-state index contributed by atoms with van der Waals surface area (Å²) in [5.74, 6) is -2.22. The van der Waals surface area contributed by atoms with Crippen LogP contribution in [0.2, 0.25) is 0 Å². The molecule has 21 heavy (non-hydrogen) atoms. The molecule has 2 aromatic rings. The SMILES string of the molecule is Nc1ccc(C(=O)NCc2cn(CC(=O)O)nn2)cc1F. The zero-order valence-electron chi connectivity index (χ0n) is 10.8. The summed E-state index contributed by atoms with van der Waals surface area (Å²) < 4.78 is 14.4. The summed E-state index contributed by atoms with van der Waals surface area (Å²) in [6, 6.07) is 3.73. The molecular formula is C12H12FN5O3. The number of nitrogens with zero attached hydrogens (tertiary/aromatic N) is 3. The molecule has 0 saturated carbocycles. The van der Waals surface area contributed by atoms with E-state index in [2.05, 4.69) is 15.6 Å². The highest BCUT2D eigenvalue weighted by molar-refractivity contribution is 5.94. The maximum Gasteiger partial charge on any atom is 0.325 e. The molecule has 1 amide bonds. The van der Waals surface area contributed by atoms with Crippen molar-refractivity contribution in [1.29, 1.82) is 0 Å². The van der Waals surface area contributed by atoms with E-state index in [1.165, 1.54) is 18.3 Å². The summed E-state index contributed by atoms with van der Waals surface area (Å²) in [5, 5.41) is 18.4. The minimum absolute atomic E-state index is 0.0387. The Morgan fingerprint density at radius 2 is 2.19 bits per heavy atom. The fraction of sp³-hybridized carbons (Fsp3) is 0.167. The average Bonchev–Trinajstić information content (AvgIpc) is 2.86. The molecule has 110 valence electrons. The van der Waals surface area contributed by atoms with Crippen LogP contribution in [-0.4, -0.2) is 32.0 Å². The number of nitrogen functional groups attached to an aromatic ring is 1. The number of aliphatic carboxylic acids is 1. The lowest BCUT2D eigenvalue weighted by molar-refractivity contribution is -0.137. The second-order valence-corrected chi connectivity index (χ2v) is 4.22. The van der Waals surface area contributed by atoms with Gasteiger partial charge in [0.25, 0.3) is 5.91 Å². The molecular weight excluding hydrogens is 281 g/mol. The number of carboxylic acids is 1. The highest BCUT2D eigenvalue weighted by atomic mass is 19.1. The second-order valence-electron chi connectivity index (χ2n) is 4.22. The number of aromatic nitrogens is 3. The van der Waals surface area contributed by atoms with E-state index >= 15 is 0 Å². The molecule has 0 unspecified atom stereocenters. The molecule has 8 nitrogen and oxygen atoms in total. The molecule has 0 bridgehead atoms. The number of nitrogens with two attached hydrogens (primary N) is 1. The highest BCUT2D eigenvalue weighted by Gasteiger charge is 2.10. The zero-order valence-corrected chi connectivity index (χ0v) is 10.8. The van der Waals surface area contributed by atoms with Crippen LogP contribution in [0.5, 0.6) is 0 Å². The molecule has 0 aliphatic carbocycles. The van der Waals surface area contributed by atoms with Crippen LogP contribution in [0.3, 0.4) is 0 Å². The predicted molar refractivity (Wildman–Crippen MR) is 69.6 cm³/mol. The Morgan fingerprint density at radius 1 is 1.43 bits per heavy atom. The van der Waals surface area contributed by atoms with Gasteiger partial charge in [0.05, 0.1) is 18.4 Å². The van der Waals surface area contributed by atoms with Gasteiger partial charge in [-0.1, -0.05) is 5.21 Å². The topological polar surface area (TPSA) is 123 Å². The van der Waals surface area contributed by atoms with Gasteiger partial charge in [-0.25, -0.2) is 9.07 Å². The van der Waals surface area contributed by atoms with Crippen LogP contribution < -0.4 is 11.1 Å². The fourth-order valence-electron chi connectivity index (χ4n) is 1.58. The van der Waals surface area contributed by atoms with Gasteiger partial charge in [0.1, 0.15) is 18.1 Å². The maximum absolute atomic E-state index is 13.2. The van der Waals surface area contributed by atoms with E-state index in [1.807, 2.05) is 0 Å². The van der Waals surface area contributed by atoms with Crippen LogP contribution in [0.4, 0.5) is 10.1 Å². The molecule has 0 aliphatic rings. The van der Waals surface area contributed by atoms with E-state index in [-0.39, 0.29) is 24.3 Å². The number of anilines is 1. The smallest absolute Gasteiger partial charge is 0.325 e. The van der Waals surface area contributed by atoms with E-state index in [0.29, 0.717) is 5.69 Å². The third kappa shape index (κ3) is 3.75. The lowest BCUT2D eigenvalue weighted by Gasteiger charge is -2.04. The Balaban J connectivity index is 1.95. The molecule has 4 N–H and O–H groups in total. The van der Waals surface area contributed by atoms with E-state index < -0.39 is 17.7 Å². The molecule has 0 fully saturated rings. The van der Waals surface area contributed by atoms with Gasteiger partial charge < -0.3 is 16.2 Å². The first kappa shape index (κ1) is 14.4. The normalized spacial score (nSPS) is 10.3. The van der Waals surface area contributed by atoms with Crippen LogP contribution >= 0.6 is 0 Å². The summed E-state index contributed by atoms with van der Waals surface area (Å²) in [6.07, 6.45) is 1.40. The molecule has 0 atom stereocenters. The second kappa shape index (κ2) is 5.99. The predicted octanol–water partition coefficient (Wildman–Crippen LogP) is 0.0140. The van der Waals surface area contributed by atoms with Gasteiger partial charge in [0.2, 0.25) is 0 Å². The van der Waals surface area contributed by atoms with Gasteiger partial charge in [-0.3, -0.25) is 9.59 Å². The summed E-state index contributed by atoms with van der Waals surface area (Å²) in [6.45, 7) is -0.269. The van der Waals surface area contributed by atoms with Gasteiger partial charge in [0.15, 0.2) is 0 Å². The van der Waals surface area contributed by atoms with Crippen molar-refractivity contribution in [2.24, 2.45) is 0 Å². The van der Waals surface area contributed by atoms with Gasteiger partial charge in [0, 0.05) is 5.56 Å². The van der Waals surface area contributed by atoms with Gasteiger partial charge in [-0.2, -0.15) is 0 Å². The largest absolute Gasteiger partial charge is 0.480 e. The number of halogens is 1. The van der Waals surface area contributed by atoms with Crippen molar-refractivity contribution in [3.05, 3.63) is 41.5 Å². The van der Waals surface area contributed by atoms with Crippen molar-refractivity contribution in [2.75, 3.05) is 5.73 Å². The van der Waals surface area contributed by atoms with Crippen molar-refractivity contribution < 1.29 is 19.1 Å². The summed E-state index contributed by atoms with van der Waals surface area (Å²) in [5.41, 5.74) is 5.80. The van der Waals surface area contributed by atoms with Crippen molar-refractivity contribution in [2.45, 2.75) is 13.1 Å². The standard InChI is InChI=1S/C12H12FN5O3/c13-9-3-7(1-2-10(9)14)12(21)15-4-8-5-18(17-16-8)6-11(19)20/h1-3,5H,4,6,14H2,(H,15,21)(H,19,20). The maximum atomic E-state index is 13.2. The Bertz CT molecular complexity index is 685. The number of rotatable bonds is 5. The van der Waals surface area contributed by atoms with Crippen LogP contribution in [0.25, 0.3) is 0 Å². The van der Waals surface area contributed by atoms with Crippen LogP contribution in [0.1, 0.15) is 16.1 Å². The molecule has 1 aromatic heterocycles. The van der Waals surface area contributed by atoms with Crippen LogP contribution in [0, 0.1) is 5.82 Å². The Hall–Kier alpha value is -2.97. The first-order chi connectivity index (χ1) is 9.95. The van der Waals surface area contributed by atoms with Crippen LogP contribution in [-0.2, 0) is 17.9 Å². The third-order valence-corrected chi connectivity index (χ3v) is 2.58. The highest BCUT2D eigenvalue weighted by Crippen LogP contribution is 2.11. The molecule has 0 spiro atoms. The number of nitrogens with one attached hydrogen (secondary N) is 1. The number of benzene rings is 1. The molecule has 1 aromatic carbocycles. The van der Waals surface area contributed by atoms with E-state index in [0.717, 1.165) is 10.7 Å². The summed E-state index contributed by atoms with van der Waals surface area (Å²) in [4.78, 5) is 22.3. The monoisotopic (exact) mass is 293 g/mol. The van der Waals surface area contributed by atoms with Crippen molar-refractivity contribution in [3.63, 3.8) is 0 Å². The number of hydrogen-bond donors (Lipinski definition) is 3. The quantitative estimate of drug-likeness (QED) is 0.667. The van der Waals surface area contributed by atoms with Crippen molar-refractivity contribution in [1.82, 2.24) is 20.3 Å². The molecule has 1 heterocycles. The minimum atomic E-state index is -1.05. The molecule has 9 heteroatoms. The Morgan fingerprint density at radius 3 is 2.86 bits per heavy atom. The number of carboxylic acid groups (broad SMARTS) is 1. The van der Waals surface area contributed by atoms with E-state index in [1.54, 1.807) is 0 Å². The lowest BCUT2D eigenvalue weighted by atomic mass is 10.2. The van der Waals surface area contributed by atoms with Crippen molar-refractivity contribution in [3.8, 4) is 0 Å².